The lowest BCUT2D eigenvalue weighted by atomic mass is 9.78. The molecule has 1 aliphatic carbocycles. The molecule has 0 spiro atoms. The second-order valence-corrected chi connectivity index (χ2v) is 8.41. The van der Waals surface area contributed by atoms with Gasteiger partial charge in [-0.25, -0.2) is 0 Å². The first kappa shape index (κ1) is 18.5. The van der Waals surface area contributed by atoms with Gasteiger partial charge in [-0.1, -0.05) is 30.1 Å². The maximum absolute atomic E-state index is 11.3. The van der Waals surface area contributed by atoms with E-state index in [9.17, 15) is 4.79 Å². The standard InChI is InChI=1S/C22H31N3O2/c1-17(26)16-19-8-6-18(7-9-19)10-11-24-12-14-25(15-13-24)22-20-4-2-3-5-21(20)27-23-22/h2-5,18-19H,6-16H2,1H3. The number of carbonyl (C=O) groups excluding carboxylic acids is 1. The van der Waals surface area contributed by atoms with Crippen LogP contribution >= 0.6 is 0 Å². The van der Waals surface area contributed by atoms with Crippen molar-refractivity contribution in [1.82, 2.24) is 10.1 Å². The molecule has 0 atom stereocenters. The molecule has 4 rings (SSSR count). The summed E-state index contributed by atoms with van der Waals surface area (Å²) in [5.74, 6) is 2.86. The maximum atomic E-state index is 11.3. The highest BCUT2D eigenvalue weighted by Crippen LogP contribution is 2.33. The minimum Gasteiger partial charge on any atom is -0.354 e. The molecule has 146 valence electrons. The van der Waals surface area contributed by atoms with Crippen LogP contribution < -0.4 is 4.90 Å². The molecule has 5 heteroatoms. The summed E-state index contributed by atoms with van der Waals surface area (Å²) in [5, 5.41) is 5.42. The molecule has 2 aliphatic rings. The SMILES string of the molecule is CC(=O)CC1CCC(CCN2CCN(c3noc4ccccc34)CC2)CC1. The second kappa shape index (κ2) is 8.42. The molecule has 1 saturated heterocycles. The highest BCUT2D eigenvalue weighted by Gasteiger charge is 2.24. The quantitative estimate of drug-likeness (QED) is 0.766. The number of nitrogens with zero attached hydrogens (tertiary/aromatic N) is 3. The smallest absolute Gasteiger partial charge is 0.180 e. The van der Waals surface area contributed by atoms with Gasteiger partial charge in [-0.3, -0.25) is 4.90 Å². The molecular formula is C22H31N3O2. The van der Waals surface area contributed by atoms with E-state index in [-0.39, 0.29) is 0 Å². The Hall–Kier alpha value is -1.88. The van der Waals surface area contributed by atoms with E-state index in [1.54, 1.807) is 6.92 Å². The van der Waals surface area contributed by atoms with Crippen LogP contribution in [0.2, 0.25) is 0 Å². The van der Waals surface area contributed by atoms with E-state index in [4.69, 9.17) is 4.52 Å². The van der Waals surface area contributed by atoms with Gasteiger partial charge in [0.15, 0.2) is 11.4 Å². The number of ketones is 1. The lowest BCUT2D eigenvalue weighted by Crippen LogP contribution is -2.47. The third kappa shape index (κ3) is 4.52. The molecule has 1 saturated carbocycles. The molecule has 1 aliphatic heterocycles. The highest BCUT2D eigenvalue weighted by molar-refractivity contribution is 5.88. The normalized spacial score (nSPS) is 24.4. The van der Waals surface area contributed by atoms with Crippen molar-refractivity contribution < 1.29 is 9.32 Å². The van der Waals surface area contributed by atoms with E-state index in [0.717, 1.165) is 55.3 Å². The van der Waals surface area contributed by atoms with Crippen molar-refractivity contribution in [3.63, 3.8) is 0 Å². The Bertz CT molecular complexity index is 756. The summed E-state index contributed by atoms with van der Waals surface area (Å²) in [6.45, 7) is 7.16. The van der Waals surface area contributed by atoms with Crippen molar-refractivity contribution in [2.45, 2.75) is 45.4 Å². The molecular weight excluding hydrogens is 338 g/mol. The lowest BCUT2D eigenvalue weighted by Gasteiger charge is -2.36. The molecule has 2 fully saturated rings. The van der Waals surface area contributed by atoms with Crippen LogP contribution in [0, 0.1) is 11.8 Å². The van der Waals surface area contributed by atoms with E-state index in [0.29, 0.717) is 11.7 Å². The highest BCUT2D eigenvalue weighted by atomic mass is 16.5. The van der Waals surface area contributed by atoms with E-state index < -0.39 is 0 Å². The number of anilines is 1. The Morgan fingerprint density at radius 2 is 1.78 bits per heavy atom. The van der Waals surface area contributed by atoms with Crippen LogP contribution in [0.15, 0.2) is 28.8 Å². The summed E-state index contributed by atoms with van der Waals surface area (Å²) in [6, 6.07) is 8.11. The van der Waals surface area contributed by atoms with Crippen LogP contribution in [-0.2, 0) is 4.79 Å². The number of fused-ring (bicyclic) bond motifs is 1. The Balaban J connectivity index is 1.21. The zero-order valence-corrected chi connectivity index (χ0v) is 16.4. The third-order valence-electron chi connectivity index (χ3n) is 6.43. The van der Waals surface area contributed by atoms with Gasteiger partial charge in [0.05, 0.1) is 5.39 Å². The number of benzene rings is 1. The monoisotopic (exact) mass is 369 g/mol. The van der Waals surface area contributed by atoms with Gasteiger partial charge in [0.2, 0.25) is 0 Å². The molecule has 27 heavy (non-hydrogen) atoms. The van der Waals surface area contributed by atoms with Crippen molar-refractivity contribution in [2.75, 3.05) is 37.6 Å². The van der Waals surface area contributed by atoms with Crippen LogP contribution in [0.5, 0.6) is 0 Å². The predicted molar refractivity (Wildman–Crippen MR) is 108 cm³/mol. The minimum absolute atomic E-state index is 0.358. The van der Waals surface area contributed by atoms with Crippen LogP contribution in [0.4, 0.5) is 5.82 Å². The fourth-order valence-electron chi connectivity index (χ4n) is 4.78. The fraction of sp³-hybridized carbons (Fsp3) is 0.636. The summed E-state index contributed by atoms with van der Waals surface area (Å²) < 4.78 is 5.46. The lowest BCUT2D eigenvalue weighted by molar-refractivity contribution is -0.118. The van der Waals surface area contributed by atoms with Crippen molar-refractivity contribution in [3.8, 4) is 0 Å². The van der Waals surface area contributed by atoms with Gasteiger partial charge >= 0.3 is 0 Å². The van der Waals surface area contributed by atoms with E-state index in [1.807, 2.05) is 18.2 Å². The molecule has 0 unspecified atom stereocenters. The molecule has 0 bridgehead atoms. The molecule has 0 N–H and O–H groups in total. The molecule has 1 aromatic carbocycles. The van der Waals surface area contributed by atoms with Crippen LogP contribution in [0.3, 0.4) is 0 Å². The number of hydrogen-bond acceptors (Lipinski definition) is 5. The van der Waals surface area contributed by atoms with Crippen molar-refractivity contribution >= 4 is 22.6 Å². The van der Waals surface area contributed by atoms with Crippen molar-refractivity contribution in [2.24, 2.45) is 11.8 Å². The Kier molecular flexibility index (Phi) is 5.77. The molecule has 1 aromatic heterocycles. The maximum Gasteiger partial charge on any atom is 0.180 e. The number of Topliss-reactive ketones (excluding diaryl/α,β-unsaturated/α-hetero) is 1. The van der Waals surface area contributed by atoms with Gasteiger partial charge in [0, 0.05) is 32.6 Å². The number of piperazine rings is 1. The minimum atomic E-state index is 0.358. The Morgan fingerprint density at radius 1 is 1.07 bits per heavy atom. The largest absolute Gasteiger partial charge is 0.354 e. The second-order valence-electron chi connectivity index (χ2n) is 8.41. The van der Waals surface area contributed by atoms with Gasteiger partial charge < -0.3 is 14.2 Å². The molecule has 5 nitrogen and oxygen atoms in total. The van der Waals surface area contributed by atoms with Crippen LogP contribution in [-0.4, -0.2) is 48.6 Å². The fourth-order valence-corrected chi connectivity index (χ4v) is 4.78. The first-order valence-electron chi connectivity index (χ1n) is 10.5. The summed E-state index contributed by atoms with van der Waals surface area (Å²) in [7, 11) is 0. The topological polar surface area (TPSA) is 49.6 Å². The summed E-state index contributed by atoms with van der Waals surface area (Å²) >= 11 is 0. The average Bonchev–Trinajstić information content (AvgIpc) is 3.12. The Labute approximate surface area is 161 Å². The third-order valence-corrected chi connectivity index (χ3v) is 6.43. The van der Waals surface area contributed by atoms with Crippen LogP contribution in [0.25, 0.3) is 11.0 Å². The average molecular weight is 370 g/mol. The molecule has 0 radical (unpaired) electrons. The summed E-state index contributed by atoms with van der Waals surface area (Å²) in [6.07, 6.45) is 7.21. The van der Waals surface area contributed by atoms with Crippen LogP contribution in [0.1, 0.15) is 45.4 Å². The van der Waals surface area contributed by atoms with E-state index in [2.05, 4.69) is 21.0 Å². The first-order chi connectivity index (χ1) is 13.2. The first-order valence-corrected chi connectivity index (χ1v) is 10.5. The van der Waals surface area contributed by atoms with Gasteiger partial charge in [-0.05, 0) is 56.7 Å². The predicted octanol–water partition coefficient (Wildman–Crippen LogP) is 4.13. The number of rotatable bonds is 6. The summed E-state index contributed by atoms with van der Waals surface area (Å²) in [5.41, 5.74) is 0.871. The number of aromatic nitrogens is 1. The molecule has 2 heterocycles. The molecule has 2 aromatic rings. The van der Waals surface area contributed by atoms with Crippen molar-refractivity contribution in [3.05, 3.63) is 24.3 Å². The van der Waals surface area contributed by atoms with Gasteiger partial charge in [-0.2, -0.15) is 0 Å². The van der Waals surface area contributed by atoms with Gasteiger partial charge in [0.1, 0.15) is 5.78 Å². The number of para-hydroxylation sites is 1. The number of hydrogen-bond donors (Lipinski definition) is 0. The van der Waals surface area contributed by atoms with Gasteiger partial charge in [0.25, 0.3) is 0 Å². The zero-order chi connectivity index (χ0) is 18.6. The summed E-state index contributed by atoms with van der Waals surface area (Å²) in [4.78, 5) is 16.2. The van der Waals surface area contributed by atoms with E-state index >= 15 is 0 Å². The van der Waals surface area contributed by atoms with Crippen molar-refractivity contribution in [1.29, 1.82) is 0 Å². The zero-order valence-electron chi connectivity index (χ0n) is 16.4. The van der Waals surface area contributed by atoms with E-state index in [1.165, 1.54) is 38.6 Å². The molecule has 0 amide bonds. The number of carbonyl (C=O) groups is 1. The van der Waals surface area contributed by atoms with Gasteiger partial charge in [-0.15, -0.1) is 0 Å². The Morgan fingerprint density at radius 3 is 2.52 bits per heavy atom.